The number of esters is 1. The van der Waals surface area contributed by atoms with E-state index in [4.69, 9.17) is 9.47 Å². The summed E-state index contributed by atoms with van der Waals surface area (Å²) in [5.74, 6) is -1.01. The van der Waals surface area contributed by atoms with E-state index in [2.05, 4.69) is 0 Å². The molecule has 2 rings (SSSR count). The Morgan fingerprint density at radius 3 is 2.26 bits per heavy atom. The zero-order valence-corrected chi connectivity index (χ0v) is 22.1. The highest BCUT2D eigenvalue weighted by atomic mass is 16.5. The van der Waals surface area contributed by atoms with Crippen LogP contribution in [-0.4, -0.2) is 60.0 Å². The molecule has 0 saturated heterocycles. The summed E-state index contributed by atoms with van der Waals surface area (Å²) in [6, 6.07) is 9.68. The molecule has 7 heteroatoms. The first kappa shape index (κ1) is 28.3. The van der Waals surface area contributed by atoms with Gasteiger partial charge in [-0.2, -0.15) is 0 Å². The van der Waals surface area contributed by atoms with Crippen molar-refractivity contribution >= 4 is 17.7 Å². The van der Waals surface area contributed by atoms with Crippen LogP contribution in [0.4, 0.5) is 0 Å². The van der Waals surface area contributed by atoms with E-state index < -0.39 is 5.97 Å². The van der Waals surface area contributed by atoms with Crippen LogP contribution in [0.5, 0.6) is 0 Å². The summed E-state index contributed by atoms with van der Waals surface area (Å²) in [4.78, 5) is 41.5. The van der Waals surface area contributed by atoms with Crippen LogP contribution in [0.25, 0.3) is 0 Å². The van der Waals surface area contributed by atoms with Gasteiger partial charge >= 0.3 is 5.97 Å². The molecule has 1 aromatic heterocycles. The van der Waals surface area contributed by atoms with E-state index in [1.165, 1.54) is 0 Å². The summed E-state index contributed by atoms with van der Waals surface area (Å²) in [5, 5.41) is 0. The third-order valence-electron chi connectivity index (χ3n) is 6.31. The van der Waals surface area contributed by atoms with Gasteiger partial charge in [0.25, 0.3) is 0 Å². The largest absolute Gasteiger partial charge is 0.461 e. The molecule has 1 unspecified atom stereocenters. The molecule has 192 valence electrons. The SMILES string of the molecule is CCOCCCN(CC(=O)c1c(C)c(C(=O)OCC)n(CC)c1C)C(=O)C(CC)c1ccccc1. The predicted octanol–water partition coefficient (Wildman–Crippen LogP) is 4.93. The average Bonchev–Trinajstić information content (AvgIpc) is 3.11. The maximum atomic E-state index is 13.7. The first-order valence-corrected chi connectivity index (χ1v) is 12.6. The molecule has 0 aliphatic rings. The number of aromatic nitrogens is 1. The molecular weight excluding hydrogens is 444 g/mol. The van der Waals surface area contributed by atoms with Gasteiger partial charge in [0.2, 0.25) is 5.91 Å². The Bertz CT molecular complexity index is 997. The normalized spacial score (nSPS) is 11.8. The number of rotatable bonds is 14. The minimum absolute atomic E-state index is 0.0496. The highest BCUT2D eigenvalue weighted by Crippen LogP contribution is 2.26. The lowest BCUT2D eigenvalue weighted by Crippen LogP contribution is -2.40. The molecule has 0 aliphatic heterocycles. The van der Waals surface area contributed by atoms with Gasteiger partial charge < -0.3 is 18.9 Å². The molecular formula is C28H40N2O5. The quantitative estimate of drug-likeness (QED) is 0.216. The van der Waals surface area contributed by atoms with Crippen LogP contribution in [0, 0.1) is 13.8 Å². The molecule has 0 fully saturated rings. The minimum Gasteiger partial charge on any atom is -0.461 e. The van der Waals surface area contributed by atoms with Crippen LogP contribution in [0.3, 0.4) is 0 Å². The summed E-state index contributed by atoms with van der Waals surface area (Å²) in [7, 11) is 0. The highest BCUT2D eigenvalue weighted by molar-refractivity contribution is 6.05. The molecule has 1 aromatic carbocycles. The Balaban J connectivity index is 2.38. The summed E-state index contributed by atoms with van der Waals surface area (Å²) >= 11 is 0. The molecule has 0 saturated carbocycles. The van der Waals surface area contributed by atoms with E-state index >= 15 is 0 Å². The smallest absolute Gasteiger partial charge is 0.355 e. The van der Waals surface area contributed by atoms with Crippen LogP contribution in [0.15, 0.2) is 30.3 Å². The van der Waals surface area contributed by atoms with Crippen molar-refractivity contribution in [3.63, 3.8) is 0 Å². The van der Waals surface area contributed by atoms with Crippen molar-refractivity contribution in [2.45, 2.75) is 66.8 Å². The first-order chi connectivity index (χ1) is 16.8. The number of Topliss-reactive ketones (excluding diaryl/α,β-unsaturated/α-hetero) is 1. The van der Waals surface area contributed by atoms with Gasteiger partial charge in [0, 0.05) is 37.6 Å². The van der Waals surface area contributed by atoms with Crippen LogP contribution < -0.4 is 0 Å². The van der Waals surface area contributed by atoms with Crippen molar-refractivity contribution in [1.29, 1.82) is 0 Å². The predicted molar refractivity (Wildman–Crippen MR) is 137 cm³/mol. The molecule has 35 heavy (non-hydrogen) atoms. The van der Waals surface area contributed by atoms with Crippen molar-refractivity contribution in [3.8, 4) is 0 Å². The monoisotopic (exact) mass is 484 g/mol. The van der Waals surface area contributed by atoms with E-state index in [0.29, 0.717) is 56.0 Å². The molecule has 1 heterocycles. The first-order valence-electron chi connectivity index (χ1n) is 12.6. The molecule has 0 N–H and O–H groups in total. The fourth-order valence-corrected chi connectivity index (χ4v) is 4.64. The number of hydrogen-bond donors (Lipinski definition) is 0. The maximum absolute atomic E-state index is 13.7. The molecule has 2 aromatic rings. The zero-order chi connectivity index (χ0) is 26.0. The number of amides is 1. The van der Waals surface area contributed by atoms with Gasteiger partial charge in [-0.3, -0.25) is 9.59 Å². The van der Waals surface area contributed by atoms with Gasteiger partial charge in [-0.15, -0.1) is 0 Å². The van der Waals surface area contributed by atoms with Crippen molar-refractivity contribution in [3.05, 3.63) is 58.4 Å². The zero-order valence-electron chi connectivity index (χ0n) is 22.1. The van der Waals surface area contributed by atoms with E-state index in [9.17, 15) is 14.4 Å². The lowest BCUT2D eigenvalue weighted by molar-refractivity contribution is -0.132. The van der Waals surface area contributed by atoms with Gasteiger partial charge in [0.1, 0.15) is 5.69 Å². The number of carbonyl (C=O) groups is 3. The van der Waals surface area contributed by atoms with Crippen molar-refractivity contribution in [2.24, 2.45) is 0 Å². The van der Waals surface area contributed by atoms with E-state index in [1.807, 2.05) is 62.6 Å². The Kier molecular flexibility index (Phi) is 11.2. The van der Waals surface area contributed by atoms with Gasteiger partial charge in [0.15, 0.2) is 5.78 Å². The Morgan fingerprint density at radius 2 is 1.69 bits per heavy atom. The maximum Gasteiger partial charge on any atom is 0.355 e. The van der Waals surface area contributed by atoms with Crippen molar-refractivity contribution in [2.75, 3.05) is 32.9 Å². The Morgan fingerprint density at radius 1 is 1.00 bits per heavy atom. The second-order valence-corrected chi connectivity index (χ2v) is 8.50. The number of benzene rings is 1. The molecule has 1 atom stereocenters. The second-order valence-electron chi connectivity index (χ2n) is 8.50. The molecule has 0 bridgehead atoms. The standard InChI is InChI=1S/C28H40N2O5/c1-7-23(22-15-12-11-13-16-22)27(32)29(17-14-18-34-9-3)19-24(31)25-20(5)26(28(33)35-10-4)30(8-2)21(25)6/h11-13,15-16,23H,7-10,14,17-19H2,1-6H3. The average molecular weight is 485 g/mol. The summed E-state index contributed by atoms with van der Waals surface area (Å²) in [6.07, 6.45) is 1.27. The third-order valence-corrected chi connectivity index (χ3v) is 6.31. The van der Waals surface area contributed by atoms with Crippen molar-refractivity contribution in [1.82, 2.24) is 9.47 Å². The Hall–Kier alpha value is -2.93. The van der Waals surface area contributed by atoms with Crippen LogP contribution in [0.1, 0.15) is 84.1 Å². The van der Waals surface area contributed by atoms with Gasteiger partial charge in [-0.1, -0.05) is 37.3 Å². The fraction of sp³-hybridized carbons (Fsp3) is 0.536. The molecule has 0 aliphatic carbocycles. The summed E-state index contributed by atoms with van der Waals surface area (Å²) in [6.45, 7) is 13.5. The second kappa shape index (κ2) is 13.8. The number of hydrogen-bond acceptors (Lipinski definition) is 5. The van der Waals surface area contributed by atoms with Gasteiger partial charge in [-0.25, -0.2) is 4.79 Å². The van der Waals surface area contributed by atoms with E-state index in [-0.39, 0.29) is 30.8 Å². The van der Waals surface area contributed by atoms with E-state index in [0.717, 1.165) is 11.3 Å². The summed E-state index contributed by atoms with van der Waals surface area (Å²) in [5.41, 5.74) is 3.15. The number of nitrogens with zero attached hydrogens (tertiary/aromatic N) is 2. The number of ketones is 1. The Labute approximate surface area is 209 Å². The third kappa shape index (κ3) is 6.82. The van der Waals surface area contributed by atoms with Gasteiger partial charge in [0.05, 0.1) is 19.1 Å². The molecule has 0 radical (unpaired) electrons. The van der Waals surface area contributed by atoms with E-state index in [1.54, 1.807) is 18.7 Å². The topological polar surface area (TPSA) is 77.8 Å². The molecule has 7 nitrogen and oxygen atoms in total. The number of carbonyl (C=O) groups excluding carboxylic acids is 3. The van der Waals surface area contributed by atoms with Crippen LogP contribution in [-0.2, 0) is 20.8 Å². The van der Waals surface area contributed by atoms with Gasteiger partial charge in [-0.05, 0) is 58.6 Å². The lowest BCUT2D eigenvalue weighted by Gasteiger charge is -2.27. The molecule has 1 amide bonds. The van der Waals surface area contributed by atoms with Crippen LogP contribution in [0.2, 0.25) is 0 Å². The fourth-order valence-electron chi connectivity index (χ4n) is 4.64. The number of ether oxygens (including phenoxy) is 2. The highest BCUT2D eigenvalue weighted by Gasteiger charge is 2.30. The van der Waals surface area contributed by atoms with Crippen LogP contribution >= 0.6 is 0 Å². The molecule has 0 spiro atoms. The lowest BCUT2D eigenvalue weighted by atomic mass is 9.94. The van der Waals surface area contributed by atoms with Crippen molar-refractivity contribution < 1.29 is 23.9 Å². The minimum atomic E-state index is -0.436. The summed E-state index contributed by atoms with van der Waals surface area (Å²) < 4.78 is 12.5.